The third-order valence-electron chi connectivity index (χ3n) is 4.09. The highest BCUT2D eigenvalue weighted by molar-refractivity contribution is 5.92. The number of benzene rings is 1. The molecule has 6 heteroatoms. The molecule has 0 unspecified atom stereocenters. The zero-order valence-electron chi connectivity index (χ0n) is 14.7. The lowest BCUT2D eigenvalue weighted by Gasteiger charge is -2.12. The van der Waals surface area contributed by atoms with Crippen LogP contribution in [0.2, 0.25) is 0 Å². The first-order chi connectivity index (χ1) is 12.1. The minimum absolute atomic E-state index is 0.146. The number of amides is 1. The van der Waals surface area contributed by atoms with Crippen LogP contribution in [0.1, 0.15) is 50.0 Å². The largest absolute Gasteiger partial charge is 0.491 e. The first-order valence-electron chi connectivity index (χ1n) is 8.78. The van der Waals surface area contributed by atoms with Crippen molar-refractivity contribution >= 4 is 17.4 Å². The van der Waals surface area contributed by atoms with Gasteiger partial charge in [0.05, 0.1) is 6.10 Å². The van der Waals surface area contributed by atoms with E-state index in [0.717, 1.165) is 24.3 Å². The summed E-state index contributed by atoms with van der Waals surface area (Å²) in [6.07, 6.45) is 4.61. The van der Waals surface area contributed by atoms with Crippen LogP contribution in [0.5, 0.6) is 5.75 Å². The Kier molecular flexibility index (Phi) is 5.48. The van der Waals surface area contributed by atoms with Crippen molar-refractivity contribution in [2.45, 2.75) is 51.7 Å². The number of rotatable bonds is 6. The Balaban J connectivity index is 1.57. The molecular formula is C19H24N4O2. The van der Waals surface area contributed by atoms with E-state index in [1.165, 1.54) is 12.8 Å². The summed E-state index contributed by atoms with van der Waals surface area (Å²) >= 11 is 0. The molecule has 1 heterocycles. The number of nitrogens with one attached hydrogen (secondary N) is 2. The Hall–Kier alpha value is -2.63. The summed E-state index contributed by atoms with van der Waals surface area (Å²) in [6.45, 7) is 3.98. The number of aromatic nitrogens is 2. The molecule has 25 heavy (non-hydrogen) atoms. The topological polar surface area (TPSA) is 76.1 Å². The number of hydrogen-bond donors (Lipinski definition) is 2. The highest BCUT2D eigenvalue weighted by atomic mass is 16.5. The van der Waals surface area contributed by atoms with E-state index in [4.69, 9.17) is 4.74 Å². The monoisotopic (exact) mass is 340 g/mol. The van der Waals surface area contributed by atoms with Gasteiger partial charge in [-0.05, 0) is 63.1 Å². The van der Waals surface area contributed by atoms with Crippen molar-refractivity contribution in [2.75, 3.05) is 5.32 Å². The summed E-state index contributed by atoms with van der Waals surface area (Å²) < 4.78 is 5.62. The Labute approximate surface area is 148 Å². The number of carbonyl (C=O) groups is 1. The molecule has 0 radical (unpaired) electrons. The second kappa shape index (κ2) is 7.96. The Bertz CT molecular complexity index is 692. The molecule has 3 rings (SSSR count). The molecule has 1 amide bonds. The second-order valence-corrected chi connectivity index (χ2v) is 6.57. The van der Waals surface area contributed by atoms with E-state index in [-0.39, 0.29) is 18.1 Å². The SMILES string of the molecule is CC(C)Oc1ccc(Nc2ccc(C(=O)NC3CCCC3)nn2)cc1. The summed E-state index contributed by atoms with van der Waals surface area (Å²) in [5.41, 5.74) is 1.23. The zero-order valence-corrected chi connectivity index (χ0v) is 14.7. The van der Waals surface area contributed by atoms with Gasteiger partial charge in [0.25, 0.3) is 5.91 Å². The number of nitrogens with zero attached hydrogens (tertiary/aromatic N) is 2. The minimum Gasteiger partial charge on any atom is -0.491 e. The highest BCUT2D eigenvalue weighted by Crippen LogP contribution is 2.20. The molecule has 1 saturated carbocycles. The summed E-state index contributed by atoms with van der Waals surface area (Å²) in [6, 6.07) is 11.4. The first-order valence-corrected chi connectivity index (χ1v) is 8.78. The molecule has 0 bridgehead atoms. The van der Waals surface area contributed by atoms with E-state index in [0.29, 0.717) is 11.5 Å². The molecule has 0 spiro atoms. The quantitative estimate of drug-likeness (QED) is 0.839. The van der Waals surface area contributed by atoms with E-state index in [2.05, 4.69) is 20.8 Å². The smallest absolute Gasteiger partial charge is 0.272 e. The fraction of sp³-hybridized carbons (Fsp3) is 0.421. The number of carbonyl (C=O) groups excluding carboxylic acids is 1. The third kappa shape index (κ3) is 4.92. The maximum Gasteiger partial charge on any atom is 0.272 e. The minimum atomic E-state index is -0.152. The van der Waals surface area contributed by atoms with E-state index in [9.17, 15) is 4.79 Å². The van der Waals surface area contributed by atoms with E-state index >= 15 is 0 Å². The number of hydrogen-bond acceptors (Lipinski definition) is 5. The molecule has 1 fully saturated rings. The maximum atomic E-state index is 12.1. The van der Waals surface area contributed by atoms with Crippen molar-refractivity contribution < 1.29 is 9.53 Å². The summed E-state index contributed by atoms with van der Waals surface area (Å²) in [4.78, 5) is 12.1. The third-order valence-corrected chi connectivity index (χ3v) is 4.09. The maximum absolute atomic E-state index is 12.1. The lowest BCUT2D eigenvalue weighted by atomic mass is 10.2. The van der Waals surface area contributed by atoms with Gasteiger partial charge in [-0.15, -0.1) is 10.2 Å². The van der Waals surface area contributed by atoms with Crippen LogP contribution < -0.4 is 15.4 Å². The van der Waals surface area contributed by atoms with Crippen LogP contribution in [-0.2, 0) is 0 Å². The lowest BCUT2D eigenvalue weighted by molar-refractivity contribution is 0.0932. The van der Waals surface area contributed by atoms with Gasteiger partial charge in [-0.2, -0.15) is 0 Å². The Morgan fingerprint density at radius 2 is 1.80 bits per heavy atom. The predicted octanol–water partition coefficient (Wildman–Crippen LogP) is 3.68. The molecule has 1 aromatic carbocycles. The summed E-state index contributed by atoms with van der Waals surface area (Å²) in [5.74, 6) is 1.27. The zero-order chi connectivity index (χ0) is 17.6. The summed E-state index contributed by atoms with van der Waals surface area (Å²) in [5, 5.41) is 14.3. The molecule has 0 atom stereocenters. The normalized spacial score (nSPS) is 14.5. The van der Waals surface area contributed by atoms with Gasteiger partial charge in [0, 0.05) is 11.7 Å². The fourth-order valence-corrected chi connectivity index (χ4v) is 2.89. The van der Waals surface area contributed by atoms with Gasteiger partial charge in [-0.1, -0.05) is 12.8 Å². The van der Waals surface area contributed by atoms with Gasteiger partial charge in [0.15, 0.2) is 11.5 Å². The first kappa shape index (κ1) is 17.2. The van der Waals surface area contributed by atoms with Crippen molar-refractivity contribution in [2.24, 2.45) is 0 Å². The van der Waals surface area contributed by atoms with Gasteiger partial charge in [0.1, 0.15) is 5.75 Å². The second-order valence-electron chi connectivity index (χ2n) is 6.57. The summed E-state index contributed by atoms with van der Waals surface area (Å²) in [7, 11) is 0. The molecule has 1 aromatic heterocycles. The molecule has 6 nitrogen and oxygen atoms in total. The van der Waals surface area contributed by atoms with Crippen LogP contribution >= 0.6 is 0 Å². The average molecular weight is 340 g/mol. The molecule has 2 N–H and O–H groups in total. The fourth-order valence-electron chi connectivity index (χ4n) is 2.89. The molecule has 0 saturated heterocycles. The van der Waals surface area contributed by atoms with Crippen molar-refractivity contribution in [3.8, 4) is 5.75 Å². The van der Waals surface area contributed by atoms with E-state index in [1.807, 2.05) is 38.1 Å². The number of anilines is 2. The van der Waals surface area contributed by atoms with Crippen molar-refractivity contribution in [3.05, 3.63) is 42.1 Å². The van der Waals surface area contributed by atoms with Crippen LogP contribution in [0.3, 0.4) is 0 Å². The van der Waals surface area contributed by atoms with Gasteiger partial charge < -0.3 is 15.4 Å². The predicted molar refractivity (Wildman–Crippen MR) is 97.2 cm³/mol. The van der Waals surface area contributed by atoms with Gasteiger partial charge >= 0.3 is 0 Å². The number of ether oxygens (including phenoxy) is 1. The van der Waals surface area contributed by atoms with Gasteiger partial charge in [-0.25, -0.2) is 0 Å². The Morgan fingerprint density at radius 1 is 1.08 bits per heavy atom. The van der Waals surface area contributed by atoms with Crippen LogP contribution in [0, 0.1) is 0 Å². The molecule has 132 valence electrons. The average Bonchev–Trinajstić information content (AvgIpc) is 3.10. The van der Waals surface area contributed by atoms with E-state index < -0.39 is 0 Å². The van der Waals surface area contributed by atoms with Crippen molar-refractivity contribution in [3.63, 3.8) is 0 Å². The van der Waals surface area contributed by atoms with Crippen LogP contribution in [0.25, 0.3) is 0 Å². The van der Waals surface area contributed by atoms with Crippen molar-refractivity contribution in [1.82, 2.24) is 15.5 Å². The van der Waals surface area contributed by atoms with Gasteiger partial charge in [0.2, 0.25) is 0 Å². The lowest BCUT2D eigenvalue weighted by Crippen LogP contribution is -2.33. The van der Waals surface area contributed by atoms with Gasteiger partial charge in [-0.3, -0.25) is 4.79 Å². The van der Waals surface area contributed by atoms with Crippen LogP contribution in [0.4, 0.5) is 11.5 Å². The highest BCUT2D eigenvalue weighted by Gasteiger charge is 2.18. The van der Waals surface area contributed by atoms with Crippen LogP contribution in [-0.4, -0.2) is 28.3 Å². The van der Waals surface area contributed by atoms with E-state index in [1.54, 1.807) is 12.1 Å². The molecular weight excluding hydrogens is 316 g/mol. The molecule has 1 aliphatic carbocycles. The standard InChI is InChI=1S/C19H24N4O2/c1-13(2)25-16-9-7-15(8-10-16)20-18-12-11-17(22-23-18)19(24)21-14-5-3-4-6-14/h7-14H,3-6H2,1-2H3,(H,20,23)(H,21,24). The Morgan fingerprint density at radius 3 is 2.40 bits per heavy atom. The molecule has 2 aromatic rings. The molecule has 1 aliphatic rings. The van der Waals surface area contributed by atoms with Crippen LogP contribution in [0.15, 0.2) is 36.4 Å². The van der Waals surface area contributed by atoms with Crippen molar-refractivity contribution in [1.29, 1.82) is 0 Å². The molecule has 0 aliphatic heterocycles.